The summed E-state index contributed by atoms with van der Waals surface area (Å²) in [6, 6.07) is 10.4. The zero-order valence-corrected chi connectivity index (χ0v) is 14.6. The molecular weight excluding hydrogens is 338 g/mol. The summed E-state index contributed by atoms with van der Waals surface area (Å²) >= 11 is 1.01. The van der Waals surface area contributed by atoms with Gasteiger partial charge in [0.05, 0.1) is 6.61 Å². The lowest BCUT2D eigenvalue weighted by atomic mass is 10.1. The number of carbonyl (C=O) groups is 1. The molecule has 0 saturated heterocycles. The molecule has 0 bridgehead atoms. The van der Waals surface area contributed by atoms with Crippen molar-refractivity contribution < 1.29 is 14.3 Å². The van der Waals surface area contributed by atoms with E-state index in [9.17, 15) is 4.79 Å². The number of urea groups is 1. The maximum atomic E-state index is 10.9. The van der Waals surface area contributed by atoms with E-state index in [1.807, 2.05) is 24.3 Å². The number of amides is 2. The fraction of sp³-hybridized carbons (Fsp3) is 0.333. The molecule has 2 aromatic rings. The molecule has 1 aromatic heterocycles. The summed E-state index contributed by atoms with van der Waals surface area (Å²) in [5.41, 5.74) is 5.09. The fourth-order valence-electron chi connectivity index (χ4n) is 2.77. The zero-order valence-electron chi connectivity index (χ0n) is 13.8. The third-order valence-electron chi connectivity index (χ3n) is 3.98. The summed E-state index contributed by atoms with van der Waals surface area (Å²) in [6.07, 6.45) is 6.73. The van der Waals surface area contributed by atoms with Crippen LogP contribution in [0, 0.1) is 5.92 Å². The Labute approximate surface area is 151 Å². The largest absolute Gasteiger partial charge is 0.493 e. The Morgan fingerprint density at radius 3 is 2.84 bits per heavy atom. The topological polar surface area (TPSA) is 86.5 Å². The first-order valence-electron chi connectivity index (χ1n) is 8.29. The van der Waals surface area contributed by atoms with E-state index in [-0.39, 0.29) is 0 Å². The molecule has 3 rings (SSSR count). The summed E-state index contributed by atoms with van der Waals surface area (Å²) in [6.45, 7) is 0.750. The van der Waals surface area contributed by atoms with Crippen LogP contribution in [-0.4, -0.2) is 17.6 Å². The van der Waals surface area contributed by atoms with E-state index >= 15 is 0 Å². The first-order valence-corrected chi connectivity index (χ1v) is 9.10. The smallest absolute Gasteiger partial charge is 0.322 e. The summed E-state index contributed by atoms with van der Waals surface area (Å²) in [4.78, 5) is 15.1. The zero-order chi connectivity index (χ0) is 17.5. The van der Waals surface area contributed by atoms with Crippen molar-refractivity contribution in [2.24, 2.45) is 11.7 Å². The van der Waals surface area contributed by atoms with Crippen LogP contribution < -0.4 is 19.9 Å². The molecule has 1 aliphatic rings. The molecule has 2 amide bonds. The summed E-state index contributed by atoms with van der Waals surface area (Å²) in [5.74, 6) is 2.63. The highest BCUT2D eigenvalue weighted by Crippen LogP contribution is 2.31. The van der Waals surface area contributed by atoms with Crippen LogP contribution >= 0.6 is 11.9 Å². The first-order chi connectivity index (χ1) is 12.2. The average molecular weight is 359 g/mol. The number of hydrogen-bond acceptors (Lipinski definition) is 5. The summed E-state index contributed by atoms with van der Waals surface area (Å²) in [7, 11) is 0. The lowest BCUT2D eigenvalue weighted by molar-refractivity contribution is 0.251. The molecule has 1 saturated carbocycles. The number of ether oxygens (including phenoxy) is 2. The third-order valence-corrected chi connectivity index (χ3v) is 4.78. The van der Waals surface area contributed by atoms with Crippen molar-refractivity contribution in [2.75, 3.05) is 6.61 Å². The molecule has 0 atom stereocenters. The lowest BCUT2D eigenvalue weighted by Crippen LogP contribution is -2.22. The number of nitrogens with one attached hydrogen (secondary N) is 1. The van der Waals surface area contributed by atoms with Crippen LogP contribution in [0.3, 0.4) is 0 Å². The second-order valence-electron chi connectivity index (χ2n) is 5.91. The van der Waals surface area contributed by atoms with Crippen LogP contribution in [0.4, 0.5) is 4.79 Å². The van der Waals surface area contributed by atoms with Crippen LogP contribution in [0.2, 0.25) is 0 Å². The van der Waals surface area contributed by atoms with Gasteiger partial charge in [-0.2, -0.15) is 0 Å². The molecule has 1 fully saturated rings. The molecule has 0 spiro atoms. The van der Waals surface area contributed by atoms with E-state index in [0.29, 0.717) is 22.4 Å². The molecule has 1 aliphatic carbocycles. The molecule has 132 valence electrons. The van der Waals surface area contributed by atoms with Crippen LogP contribution in [-0.2, 0) is 0 Å². The monoisotopic (exact) mass is 359 g/mol. The van der Waals surface area contributed by atoms with Gasteiger partial charge in [-0.15, -0.1) is 0 Å². The van der Waals surface area contributed by atoms with Crippen molar-refractivity contribution in [3.63, 3.8) is 0 Å². The van der Waals surface area contributed by atoms with Gasteiger partial charge in [0.25, 0.3) is 0 Å². The predicted molar refractivity (Wildman–Crippen MR) is 96.8 cm³/mol. The van der Waals surface area contributed by atoms with Gasteiger partial charge in [0.15, 0.2) is 10.8 Å². The lowest BCUT2D eigenvalue weighted by Gasteiger charge is -2.13. The van der Waals surface area contributed by atoms with Gasteiger partial charge in [-0.1, -0.05) is 18.9 Å². The average Bonchev–Trinajstić information content (AvgIpc) is 3.13. The van der Waals surface area contributed by atoms with E-state index in [1.54, 1.807) is 18.3 Å². The van der Waals surface area contributed by atoms with E-state index in [2.05, 4.69) is 9.71 Å². The van der Waals surface area contributed by atoms with Crippen molar-refractivity contribution >= 4 is 18.0 Å². The molecule has 3 N–H and O–H groups in total. The van der Waals surface area contributed by atoms with Gasteiger partial charge >= 0.3 is 6.03 Å². The number of benzene rings is 1. The van der Waals surface area contributed by atoms with Crippen molar-refractivity contribution in [3.05, 3.63) is 42.6 Å². The van der Waals surface area contributed by atoms with Gasteiger partial charge in [0.1, 0.15) is 11.5 Å². The second-order valence-corrected chi connectivity index (χ2v) is 6.71. The Hall–Kier alpha value is -2.41. The number of aromatic nitrogens is 1. The van der Waals surface area contributed by atoms with Crippen molar-refractivity contribution in [3.8, 4) is 17.2 Å². The Bertz CT molecular complexity index is 720. The van der Waals surface area contributed by atoms with Gasteiger partial charge in [-0.3, -0.25) is 4.72 Å². The third kappa shape index (κ3) is 5.29. The molecule has 1 heterocycles. The normalized spacial score (nSPS) is 14.2. The maximum absolute atomic E-state index is 10.9. The number of nitrogens with zero attached hydrogens (tertiary/aromatic N) is 1. The quantitative estimate of drug-likeness (QED) is 0.726. The Morgan fingerprint density at radius 2 is 2.04 bits per heavy atom. The van der Waals surface area contributed by atoms with Crippen molar-refractivity contribution in [1.82, 2.24) is 9.71 Å². The number of pyridine rings is 1. The van der Waals surface area contributed by atoms with Crippen LogP contribution in [0.1, 0.15) is 25.7 Å². The van der Waals surface area contributed by atoms with Crippen molar-refractivity contribution in [1.29, 1.82) is 0 Å². The summed E-state index contributed by atoms with van der Waals surface area (Å²) < 4.78 is 14.2. The highest BCUT2D eigenvalue weighted by atomic mass is 32.2. The number of rotatable bonds is 7. The molecule has 1 aromatic carbocycles. The Kier molecular flexibility index (Phi) is 6.00. The number of nitrogens with two attached hydrogens (primary N) is 1. The number of carbonyl (C=O) groups excluding carboxylic acids is 1. The minimum absolute atomic E-state index is 0.526. The molecule has 0 unspecified atom stereocenters. The number of hydrogen-bond donors (Lipinski definition) is 2. The van der Waals surface area contributed by atoms with Crippen molar-refractivity contribution in [2.45, 2.75) is 30.7 Å². The Balaban J connectivity index is 1.64. The number of primary amides is 1. The summed E-state index contributed by atoms with van der Waals surface area (Å²) in [5, 5.41) is 0.526. The highest BCUT2D eigenvalue weighted by Gasteiger charge is 2.15. The first kappa shape index (κ1) is 17.4. The highest BCUT2D eigenvalue weighted by molar-refractivity contribution is 7.98. The molecular formula is C18H21N3O3S. The molecule has 6 nitrogen and oxygen atoms in total. The van der Waals surface area contributed by atoms with Crippen LogP contribution in [0.5, 0.6) is 17.2 Å². The molecule has 7 heteroatoms. The van der Waals surface area contributed by atoms with E-state index in [1.165, 1.54) is 25.7 Å². The molecule has 25 heavy (non-hydrogen) atoms. The van der Waals surface area contributed by atoms with Gasteiger partial charge in [-0.25, -0.2) is 9.78 Å². The van der Waals surface area contributed by atoms with E-state index in [4.69, 9.17) is 15.2 Å². The second kappa shape index (κ2) is 8.62. The minimum Gasteiger partial charge on any atom is -0.493 e. The standard InChI is InChI=1S/C18H21N3O3S/c19-18(22)21-25-17-16(9-4-10-20-17)24-15-8-3-7-14(11-15)23-12-13-5-1-2-6-13/h3-4,7-11,13H,1-2,5-6,12H2,(H3,19,21,22). The minimum atomic E-state index is -0.635. The van der Waals surface area contributed by atoms with Crippen LogP contribution in [0.15, 0.2) is 47.6 Å². The van der Waals surface area contributed by atoms with E-state index in [0.717, 1.165) is 24.3 Å². The maximum Gasteiger partial charge on any atom is 0.322 e. The van der Waals surface area contributed by atoms with Gasteiger partial charge in [0, 0.05) is 24.2 Å². The van der Waals surface area contributed by atoms with E-state index < -0.39 is 6.03 Å². The molecule has 0 aliphatic heterocycles. The predicted octanol–water partition coefficient (Wildman–Crippen LogP) is 4.12. The Morgan fingerprint density at radius 1 is 1.24 bits per heavy atom. The SMILES string of the molecule is NC(=O)NSc1ncccc1Oc1cccc(OCC2CCCC2)c1. The van der Waals surface area contributed by atoms with Crippen LogP contribution in [0.25, 0.3) is 0 Å². The van der Waals surface area contributed by atoms with Gasteiger partial charge in [-0.05, 0) is 43.0 Å². The van der Waals surface area contributed by atoms with Gasteiger partial charge < -0.3 is 15.2 Å². The van der Waals surface area contributed by atoms with Gasteiger partial charge in [0.2, 0.25) is 0 Å². The molecule has 0 radical (unpaired) electrons. The fourth-order valence-corrected chi connectivity index (χ4v) is 3.30.